The maximum atomic E-state index is 11.5. The molecule has 1 amide bonds. The first-order chi connectivity index (χ1) is 8.61. The summed E-state index contributed by atoms with van der Waals surface area (Å²) in [5.41, 5.74) is 9.61. The number of amides is 1. The zero-order valence-corrected chi connectivity index (χ0v) is 13.2. The summed E-state index contributed by atoms with van der Waals surface area (Å²) in [4.78, 5) is 26.2. The predicted molar refractivity (Wildman–Crippen MR) is 81.6 cm³/mol. The Labute approximate surface area is 129 Å². The van der Waals surface area contributed by atoms with Crippen LogP contribution in [0.2, 0.25) is 0 Å². The Bertz CT molecular complexity index is 353. The number of nitrogens with zero attached hydrogens (tertiary/aromatic N) is 1. The lowest BCUT2D eigenvalue weighted by atomic mass is 10.1. The highest BCUT2D eigenvalue weighted by Gasteiger charge is 2.23. The standard InChI is InChI=1S/C11H22N4O4.ClH.H2O/c1-11(2,3)19-10(18)15-7(8(16)17)5-4-6-14-9(12)13;;/h7H,4-6H2,1-3H3,(H,15,18)(H,16,17)(H4,12,13,14);1H;1H2/t7-;;/m0../s1. The van der Waals surface area contributed by atoms with Gasteiger partial charge >= 0.3 is 12.1 Å². The molecule has 0 aliphatic rings. The molecule has 0 radical (unpaired) electrons. The first-order valence-electron chi connectivity index (χ1n) is 5.89. The van der Waals surface area contributed by atoms with Crippen molar-refractivity contribution < 1.29 is 24.9 Å². The van der Waals surface area contributed by atoms with Gasteiger partial charge in [-0.1, -0.05) is 0 Å². The molecule has 0 saturated heterocycles. The number of guanidine groups is 1. The number of hydrogen-bond donors (Lipinski definition) is 4. The smallest absolute Gasteiger partial charge is 0.408 e. The van der Waals surface area contributed by atoms with Gasteiger partial charge in [-0.2, -0.15) is 0 Å². The number of halogens is 1. The van der Waals surface area contributed by atoms with Gasteiger partial charge in [0.05, 0.1) is 0 Å². The largest absolute Gasteiger partial charge is 0.480 e. The van der Waals surface area contributed by atoms with Crippen LogP contribution >= 0.6 is 12.4 Å². The Morgan fingerprint density at radius 2 is 1.86 bits per heavy atom. The van der Waals surface area contributed by atoms with Gasteiger partial charge in [-0.15, -0.1) is 12.4 Å². The molecule has 0 fully saturated rings. The molecule has 0 unspecified atom stereocenters. The van der Waals surface area contributed by atoms with Crippen molar-refractivity contribution in [3.8, 4) is 0 Å². The van der Waals surface area contributed by atoms with Crippen molar-refractivity contribution in [2.75, 3.05) is 6.54 Å². The zero-order valence-electron chi connectivity index (χ0n) is 12.4. The van der Waals surface area contributed by atoms with Crippen LogP contribution in [0.4, 0.5) is 4.79 Å². The second-order valence-electron chi connectivity index (χ2n) is 4.99. The molecule has 0 aromatic carbocycles. The second-order valence-corrected chi connectivity index (χ2v) is 4.99. The van der Waals surface area contributed by atoms with Crippen LogP contribution in [-0.4, -0.2) is 46.8 Å². The molecule has 0 spiro atoms. The van der Waals surface area contributed by atoms with Gasteiger partial charge in [-0.05, 0) is 33.6 Å². The van der Waals surface area contributed by atoms with Gasteiger partial charge in [0, 0.05) is 6.54 Å². The number of rotatable bonds is 6. The molecular weight excluding hydrogens is 304 g/mol. The van der Waals surface area contributed by atoms with Crippen molar-refractivity contribution in [2.45, 2.75) is 45.3 Å². The van der Waals surface area contributed by atoms with Crippen LogP contribution in [0, 0.1) is 0 Å². The molecule has 0 rings (SSSR count). The molecule has 0 saturated carbocycles. The molecule has 0 heterocycles. The summed E-state index contributed by atoms with van der Waals surface area (Å²) in [7, 11) is 0. The van der Waals surface area contributed by atoms with E-state index in [0.29, 0.717) is 13.0 Å². The molecule has 0 bridgehead atoms. The van der Waals surface area contributed by atoms with E-state index in [1.54, 1.807) is 20.8 Å². The molecule has 10 heteroatoms. The minimum absolute atomic E-state index is 0. The molecule has 8 N–H and O–H groups in total. The minimum Gasteiger partial charge on any atom is -0.480 e. The van der Waals surface area contributed by atoms with Gasteiger partial charge in [0.2, 0.25) is 0 Å². The quantitative estimate of drug-likeness (QED) is 0.294. The summed E-state index contributed by atoms with van der Waals surface area (Å²) in [6.07, 6.45) is -0.113. The summed E-state index contributed by atoms with van der Waals surface area (Å²) in [5, 5.41) is 11.3. The number of carbonyl (C=O) groups is 2. The molecule has 0 aliphatic carbocycles. The average molecular weight is 329 g/mol. The number of aliphatic carboxylic acids is 1. The fourth-order valence-corrected chi connectivity index (χ4v) is 1.21. The number of carboxylic acid groups (broad SMARTS) is 1. The van der Waals surface area contributed by atoms with Crippen molar-refractivity contribution in [1.82, 2.24) is 5.32 Å². The molecule has 9 nitrogen and oxygen atoms in total. The number of carbonyl (C=O) groups excluding carboxylic acids is 1. The summed E-state index contributed by atoms with van der Waals surface area (Å²) in [6.45, 7) is 5.39. The number of aliphatic imine (C=N–C) groups is 1. The van der Waals surface area contributed by atoms with E-state index < -0.39 is 23.7 Å². The Kier molecular flexibility index (Phi) is 12.7. The Hall–Kier alpha value is -1.74. The Morgan fingerprint density at radius 1 is 1.33 bits per heavy atom. The van der Waals surface area contributed by atoms with Crippen LogP contribution < -0.4 is 16.8 Å². The van der Waals surface area contributed by atoms with Gasteiger partial charge in [0.15, 0.2) is 5.96 Å². The van der Waals surface area contributed by atoms with E-state index in [1.807, 2.05) is 0 Å². The lowest BCUT2D eigenvalue weighted by Crippen LogP contribution is -2.43. The van der Waals surface area contributed by atoms with E-state index >= 15 is 0 Å². The highest BCUT2D eigenvalue weighted by Crippen LogP contribution is 2.07. The van der Waals surface area contributed by atoms with Crippen molar-refractivity contribution in [2.24, 2.45) is 16.5 Å². The fraction of sp³-hybridized carbons (Fsp3) is 0.727. The van der Waals surface area contributed by atoms with Crippen molar-refractivity contribution in [1.29, 1.82) is 0 Å². The number of carboxylic acids is 1. The number of nitrogens with one attached hydrogen (secondary N) is 1. The molecule has 0 aliphatic heterocycles. The number of alkyl carbamates (subject to hydrolysis) is 1. The highest BCUT2D eigenvalue weighted by atomic mass is 35.5. The molecule has 21 heavy (non-hydrogen) atoms. The topological polar surface area (TPSA) is 172 Å². The van der Waals surface area contributed by atoms with Crippen LogP contribution in [-0.2, 0) is 9.53 Å². The Morgan fingerprint density at radius 3 is 2.24 bits per heavy atom. The van der Waals surface area contributed by atoms with E-state index in [9.17, 15) is 9.59 Å². The third-order valence-electron chi connectivity index (χ3n) is 1.93. The third-order valence-corrected chi connectivity index (χ3v) is 1.93. The van der Waals surface area contributed by atoms with E-state index in [4.69, 9.17) is 21.3 Å². The summed E-state index contributed by atoms with van der Waals surface area (Å²) >= 11 is 0. The van der Waals surface area contributed by atoms with E-state index in [1.165, 1.54) is 0 Å². The first kappa shape index (κ1) is 24.3. The van der Waals surface area contributed by atoms with Gasteiger partial charge in [-0.3, -0.25) is 4.99 Å². The molecule has 0 aromatic rings. The van der Waals surface area contributed by atoms with Crippen molar-refractivity contribution in [3.05, 3.63) is 0 Å². The normalized spacial score (nSPS) is 11.2. The van der Waals surface area contributed by atoms with Crippen molar-refractivity contribution in [3.63, 3.8) is 0 Å². The lowest BCUT2D eigenvalue weighted by molar-refractivity contribution is -0.139. The SMILES string of the molecule is CC(C)(C)OC(=O)N[C@@H](CCCN=C(N)N)C(=O)O.Cl.O. The number of ether oxygens (including phenoxy) is 1. The molecule has 126 valence electrons. The summed E-state index contributed by atoms with van der Waals surface area (Å²) < 4.78 is 4.98. The fourth-order valence-electron chi connectivity index (χ4n) is 1.21. The van der Waals surface area contributed by atoms with Crippen LogP contribution in [0.1, 0.15) is 33.6 Å². The lowest BCUT2D eigenvalue weighted by Gasteiger charge is -2.21. The van der Waals surface area contributed by atoms with Crippen LogP contribution in [0.5, 0.6) is 0 Å². The summed E-state index contributed by atoms with van der Waals surface area (Å²) in [6, 6.07) is -1.02. The molecule has 0 aromatic heterocycles. The van der Waals surface area contributed by atoms with Gasteiger partial charge in [0.1, 0.15) is 11.6 Å². The maximum absolute atomic E-state index is 11.5. The molecule has 1 atom stereocenters. The van der Waals surface area contributed by atoms with Crippen LogP contribution in [0.25, 0.3) is 0 Å². The van der Waals surface area contributed by atoms with Crippen LogP contribution in [0.3, 0.4) is 0 Å². The number of nitrogens with two attached hydrogens (primary N) is 2. The number of hydrogen-bond acceptors (Lipinski definition) is 4. The summed E-state index contributed by atoms with van der Waals surface area (Å²) in [5.74, 6) is -1.18. The van der Waals surface area contributed by atoms with Gasteiger partial charge < -0.3 is 32.1 Å². The third kappa shape index (κ3) is 14.5. The van der Waals surface area contributed by atoms with E-state index in [0.717, 1.165) is 0 Å². The Balaban J connectivity index is -0.00000162. The van der Waals surface area contributed by atoms with E-state index in [2.05, 4.69) is 10.3 Å². The molecular formula is C11H25ClN4O5. The predicted octanol–water partition coefficient (Wildman–Crippen LogP) is -0.385. The zero-order chi connectivity index (χ0) is 15.1. The monoisotopic (exact) mass is 328 g/mol. The second kappa shape index (κ2) is 11.0. The first-order valence-corrected chi connectivity index (χ1v) is 5.89. The highest BCUT2D eigenvalue weighted by molar-refractivity contribution is 5.85. The minimum atomic E-state index is -1.13. The van der Waals surface area contributed by atoms with E-state index in [-0.39, 0.29) is 30.3 Å². The van der Waals surface area contributed by atoms with Crippen LogP contribution in [0.15, 0.2) is 4.99 Å². The average Bonchev–Trinajstić information content (AvgIpc) is 2.19. The van der Waals surface area contributed by atoms with Gasteiger partial charge in [-0.25, -0.2) is 9.59 Å². The maximum Gasteiger partial charge on any atom is 0.408 e. The van der Waals surface area contributed by atoms with Crippen molar-refractivity contribution >= 4 is 30.4 Å². The van der Waals surface area contributed by atoms with Gasteiger partial charge in [0.25, 0.3) is 0 Å².